The van der Waals surface area contributed by atoms with Gasteiger partial charge < -0.3 is 30.5 Å². The van der Waals surface area contributed by atoms with Crippen LogP contribution in [-0.4, -0.2) is 61.9 Å². The zero-order valence-corrected chi connectivity index (χ0v) is 19.6. The summed E-state index contributed by atoms with van der Waals surface area (Å²) >= 11 is -1.82. The van der Waals surface area contributed by atoms with Gasteiger partial charge in [0.25, 0.3) is 0 Å². The van der Waals surface area contributed by atoms with Crippen LogP contribution in [0.5, 0.6) is 0 Å². The van der Waals surface area contributed by atoms with Crippen molar-refractivity contribution in [3.63, 3.8) is 0 Å². The van der Waals surface area contributed by atoms with E-state index in [2.05, 4.69) is 20.1 Å². The van der Waals surface area contributed by atoms with Crippen LogP contribution in [0.15, 0.2) is 40.7 Å². The van der Waals surface area contributed by atoms with Crippen LogP contribution in [0.2, 0.25) is 0 Å². The first-order chi connectivity index (χ1) is 16.8. The van der Waals surface area contributed by atoms with Crippen LogP contribution in [0.1, 0.15) is 24.8 Å². The predicted octanol–water partition coefficient (Wildman–Crippen LogP) is 1.78. The van der Waals surface area contributed by atoms with Crippen molar-refractivity contribution in [2.24, 2.45) is 21.6 Å². The highest BCUT2D eigenvalue weighted by molar-refractivity contribution is 7.79. The number of halogens is 1. The number of carbonyl (C=O) groups excluding carboxylic acids is 1. The SMILES string of the molecule is NC(N)=NC(=O)OCc1cccc(-c2cnc(N3CCC(=NOCCCS(=O)O)CC3)nc2)c1F. The molecule has 0 spiro atoms. The van der Waals surface area contributed by atoms with E-state index in [4.69, 9.17) is 25.6 Å². The second kappa shape index (κ2) is 12.7. The summed E-state index contributed by atoms with van der Waals surface area (Å²) in [5.41, 5.74) is 12.0. The number of aliphatic imine (C=N–C) groups is 1. The zero-order chi connectivity index (χ0) is 25.2. The molecule has 1 aliphatic heterocycles. The van der Waals surface area contributed by atoms with Crippen LogP contribution in [0.3, 0.4) is 0 Å². The molecule has 2 heterocycles. The van der Waals surface area contributed by atoms with Gasteiger partial charge in [-0.15, -0.1) is 4.99 Å². The van der Waals surface area contributed by atoms with E-state index in [1.54, 1.807) is 12.1 Å². The van der Waals surface area contributed by atoms with E-state index in [1.165, 1.54) is 18.5 Å². The lowest BCUT2D eigenvalue weighted by Crippen LogP contribution is -2.35. The summed E-state index contributed by atoms with van der Waals surface area (Å²) in [5, 5.41) is 4.10. The lowest BCUT2D eigenvalue weighted by molar-refractivity contribution is 0.144. The molecule has 188 valence electrons. The molecule has 1 atom stereocenters. The minimum atomic E-state index is -1.82. The third-order valence-corrected chi connectivity index (χ3v) is 5.61. The molecular formula is C21H26FN7O5S. The maximum absolute atomic E-state index is 15.0. The van der Waals surface area contributed by atoms with Crippen molar-refractivity contribution >= 4 is 34.8 Å². The Morgan fingerprint density at radius 3 is 2.60 bits per heavy atom. The number of carbonyl (C=O) groups is 1. The maximum atomic E-state index is 15.0. The molecule has 0 bridgehead atoms. The number of piperidine rings is 1. The van der Waals surface area contributed by atoms with Crippen LogP contribution in [0, 0.1) is 5.82 Å². The summed E-state index contributed by atoms with van der Waals surface area (Å²) in [5.74, 6) is -0.333. The van der Waals surface area contributed by atoms with Gasteiger partial charge in [-0.2, -0.15) is 0 Å². The molecule has 3 rings (SSSR count). The van der Waals surface area contributed by atoms with Crippen molar-refractivity contribution in [3.8, 4) is 11.1 Å². The van der Waals surface area contributed by atoms with Crippen LogP contribution >= 0.6 is 0 Å². The molecule has 1 fully saturated rings. The topological polar surface area (TPSA) is 179 Å². The summed E-state index contributed by atoms with van der Waals surface area (Å²) in [6.07, 6.45) is 3.86. The summed E-state index contributed by atoms with van der Waals surface area (Å²) in [6.45, 7) is 1.25. The van der Waals surface area contributed by atoms with Gasteiger partial charge in [0.1, 0.15) is 19.0 Å². The average Bonchev–Trinajstić information content (AvgIpc) is 2.83. The number of guanidine groups is 1. The normalized spacial score (nSPS) is 14.2. The number of hydrogen-bond donors (Lipinski definition) is 3. The molecule has 1 amide bonds. The second-order valence-electron chi connectivity index (χ2n) is 7.50. The molecule has 5 N–H and O–H groups in total. The van der Waals surface area contributed by atoms with E-state index in [-0.39, 0.29) is 23.5 Å². The fourth-order valence-electron chi connectivity index (χ4n) is 3.25. The number of anilines is 1. The number of benzene rings is 1. The molecular weight excluding hydrogens is 481 g/mol. The summed E-state index contributed by atoms with van der Waals surface area (Å²) in [7, 11) is 0. The van der Waals surface area contributed by atoms with Crippen molar-refractivity contribution in [2.45, 2.75) is 25.9 Å². The van der Waals surface area contributed by atoms with Gasteiger partial charge in [0.05, 0.1) is 11.5 Å². The Morgan fingerprint density at radius 2 is 1.94 bits per heavy atom. The fraction of sp³-hybridized carbons (Fsp3) is 0.381. The van der Waals surface area contributed by atoms with Crippen molar-refractivity contribution in [2.75, 3.05) is 30.3 Å². The Bertz CT molecular complexity index is 1100. The highest BCUT2D eigenvalue weighted by atomic mass is 32.2. The van der Waals surface area contributed by atoms with Gasteiger partial charge in [-0.1, -0.05) is 23.4 Å². The van der Waals surface area contributed by atoms with E-state index in [0.29, 0.717) is 50.5 Å². The molecule has 14 heteroatoms. The molecule has 0 radical (unpaired) electrons. The zero-order valence-electron chi connectivity index (χ0n) is 18.8. The van der Waals surface area contributed by atoms with Gasteiger partial charge in [0.2, 0.25) is 5.95 Å². The number of ether oxygens (including phenoxy) is 1. The van der Waals surface area contributed by atoms with E-state index < -0.39 is 29.0 Å². The van der Waals surface area contributed by atoms with E-state index in [0.717, 1.165) is 5.71 Å². The molecule has 35 heavy (non-hydrogen) atoms. The number of oxime groups is 1. The smallest absolute Gasteiger partial charge is 0.437 e. The molecule has 0 saturated carbocycles. The van der Waals surface area contributed by atoms with Gasteiger partial charge in [0.15, 0.2) is 17.0 Å². The van der Waals surface area contributed by atoms with Gasteiger partial charge in [-0.05, 0) is 6.42 Å². The highest BCUT2D eigenvalue weighted by Gasteiger charge is 2.19. The fourth-order valence-corrected chi connectivity index (χ4v) is 3.62. The minimum Gasteiger partial charge on any atom is -0.443 e. The predicted molar refractivity (Wildman–Crippen MR) is 129 cm³/mol. The van der Waals surface area contributed by atoms with E-state index in [1.807, 2.05) is 4.90 Å². The average molecular weight is 508 g/mol. The second-order valence-corrected chi connectivity index (χ2v) is 8.55. The summed E-state index contributed by atoms with van der Waals surface area (Å²) in [6, 6.07) is 4.70. The van der Waals surface area contributed by atoms with Gasteiger partial charge in [-0.3, -0.25) is 0 Å². The van der Waals surface area contributed by atoms with Crippen LogP contribution in [-0.2, 0) is 27.3 Å². The molecule has 1 aromatic carbocycles. The van der Waals surface area contributed by atoms with E-state index in [9.17, 15) is 13.4 Å². The number of nitrogens with zero attached hydrogens (tertiary/aromatic N) is 5. The van der Waals surface area contributed by atoms with Crippen LogP contribution in [0.25, 0.3) is 11.1 Å². The monoisotopic (exact) mass is 507 g/mol. The lowest BCUT2D eigenvalue weighted by Gasteiger charge is -2.27. The summed E-state index contributed by atoms with van der Waals surface area (Å²) in [4.78, 5) is 30.6. The Kier molecular flexibility index (Phi) is 9.43. The van der Waals surface area contributed by atoms with Gasteiger partial charge in [-0.25, -0.2) is 23.4 Å². The standard InChI is InChI=1S/C21H26FN7O5S/c22-18-14(13-33-21(30)27-19(23)24)3-1-4-17(18)15-11-25-20(26-12-15)29-7-5-16(6-8-29)28-34-9-2-10-35(31)32/h1,3-4,11-12H,2,5-10,13H2,(H,31,32)(H4,23,24,27,30). The molecule has 1 aromatic heterocycles. The minimum absolute atomic E-state index is 0.153. The molecule has 1 aliphatic rings. The Balaban J connectivity index is 1.56. The quantitative estimate of drug-likeness (QED) is 0.149. The number of amides is 1. The molecule has 12 nitrogen and oxygen atoms in total. The third-order valence-electron chi connectivity index (χ3n) is 4.97. The van der Waals surface area contributed by atoms with Crippen LogP contribution in [0.4, 0.5) is 15.1 Å². The van der Waals surface area contributed by atoms with Crippen molar-refractivity contribution in [1.82, 2.24) is 9.97 Å². The van der Waals surface area contributed by atoms with Gasteiger partial charge >= 0.3 is 6.09 Å². The Labute approximate surface area is 203 Å². The first kappa shape index (κ1) is 26.0. The Morgan fingerprint density at radius 1 is 1.23 bits per heavy atom. The summed E-state index contributed by atoms with van der Waals surface area (Å²) < 4.78 is 39.2. The number of nitrogens with two attached hydrogens (primary N) is 2. The van der Waals surface area contributed by atoms with Crippen LogP contribution < -0.4 is 16.4 Å². The van der Waals surface area contributed by atoms with Crippen molar-refractivity contribution < 1.29 is 27.5 Å². The third kappa shape index (κ3) is 7.96. The first-order valence-corrected chi connectivity index (χ1v) is 12.0. The molecule has 0 aliphatic carbocycles. The molecule has 2 aromatic rings. The number of hydrogen-bond acceptors (Lipinski definition) is 8. The number of aromatic nitrogens is 2. The van der Waals surface area contributed by atoms with Crippen molar-refractivity contribution in [3.05, 3.63) is 42.0 Å². The van der Waals surface area contributed by atoms with Gasteiger partial charge in [0, 0.05) is 55.0 Å². The maximum Gasteiger partial charge on any atom is 0.437 e. The van der Waals surface area contributed by atoms with E-state index >= 15 is 0 Å². The van der Waals surface area contributed by atoms with Crippen molar-refractivity contribution in [1.29, 1.82) is 0 Å². The molecule has 1 unspecified atom stereocenters. The first-order valence-electron chi connectivity index (χ1n) is 10.7. The number of rotatable bonds is 9. The molecule has 1 saturated heterocycles. The largest absolute Gasteiger partial charge is 0.443 e. The highest BCUT2D eigenvalue weighted by Crippen LogP contribution is 2.26. The lowest BCUT2D eigenvalue weighted by atomic mass is 10.1. The Hall–Kier alpha value is -3.65.